The minimum Gasteiger partial charge on any atom is -0.508 e. The molecule has 0 saturated carbocycles. The molecule has 2 bridgehead atoms. The van der Waals surface area contributed by atoms with Gasteiger partial charge < -0.3 is 24.4 Å². The van der Waals surface area contributed by atoms with E-state index >= 15 is 4.39 Å². The quantitative estimate of drug-likeness (QED) is 0.0730. The predicted molar refractivity (Wildman–Crippen MR) is 221 cm³/mol. The number of anilines is 1. The first-order valence-electron chi connectivity index (χ1n) is 19.1. The first kappa shape index (κ1) is 36.6. The van der Waals surface area contributed by atoms with Crippen molar-refractivity contribution >= 4 is 61.8 Å². The van der Waals surface area contributed by atoms with E-state index < -0.39 is 5.82 Å². The maximum atomic E-state index is 17.1. The summed E-state index contributed by atoms with van der Waals surface area (Å²) in [4.78, 5) is 32.9. The molecule has 6 heterocycles. The van der Waals surface area contributed by atoms with Crippen molar-refractivity contribution in [3.63, 3.8) is 0 Å². The van der Waals surface area contributed by atoms with E-state index in [9.17, 15) is 9.90 Å². The predicted octanol–water partition coefficient (Wildman–Crippen LogP) is 7.47. The number of halogens is 1. The fraction of sp³-hybridized carbons (Fsp3) is 0.372. The van der Waals surface area contributed by atoms with Crippen LogP contribution < -0.4 is 14.4 Å². The van der Waals surface area contributed by atoms with Crippen LogP contribution in [0.1, 0.15) is 56.6 Å². The zero-order valence-electron chi connectivity index (χ0n) is 31.0. The molecule has 0 radical (unpaired) electrons. The number of thiocarbonyl (C=S) groups is 1. The molecule has 2 atom stereocenters. The molecule has 2 unspecified atom stereocenters. The molecule has 4 fully saturated rings. The second-order valence-corrected chi connectivity index (χ2v) is 16.9. The van der Waals surface area contributed by atoms with Crippen LogP contribution in [0.15, 0.2) is 60.8 Å². The lowest BCUT2D eigenvalue weighted by Gasteiger charge is -2.43. The fourth-order valence-electron chi connectivity index (χ4n) is 9.31. The smallest absolute Gasteiger partial charge is 0.319 e. The van der Waals surface area contributed by atoms with E-state index in [1.807, 2.05) is 24.3 Å². The Morgan fingerprint density at radius 1 is 1.09 bits per heavy atom. The molecule has 0 amide bonds. The molecule has 286 valence electrons. The van der Waals surface area contributed by atoms with Gasteiger partial charge >= 0.3 is 12.0 Å². The van der Waals surface area contributed by atoms with E-state index in [-0.39, 0.29) is 46.6 Å². The largest absolute Gasteiger partial charge is 0.508 e. The summed E-state index contributed by atoms with van der Waals surface area (Å²) >= 11 is 7.66. The van der Waals surface area contributed by atoms with Crippen molar-refractivity contribution in [1.29, 1.82) is 0 Å². The number of hydrogen-bond acceptors (Lipinski definition) is 11. The van der Waals surface area contributed by atoms with Gasteiger partial charge in [-0.1, -0.05) is 54.2 Å². The Kier molecular flexibility index (Phi) is 9.68. The number of carbonyl (C=O) groups is 1. The molecule has 1 N–H and O–H groups in total. The maximum Gasteiger partial charge on any atom is 0.319 e. The molecule has 4 saturated heterocycles. The first-order chi connectivity index (χ1) is 27.2. The number of pyridine rings is 1. The van der Waals surface area contributed by atoms with Gasteiger partial charge in [0.25, 0.3) is 0 Å². The second-order valence-electron chi connectivity index (χ2n) is 15.3. The van der Waals surface area contributed by atoms with Crippen LogP contribution in [0.25, 0.3) is 32.9 Å². The SMILES string of the molecule is C#Cc1cccc2cc(O)cc(-c3ncc4c(N5CC6CCC(C5)N6C(=S)SCc5ccc(OC(C)=O)cc5)nc(OCC56CCCN5CCC6)nc4c3F)c12. The average molecular weight is 789 g/mol. The highest BCUT2D eigenvalue weighted by molar-refractivity contribution is 8.22. The molecular weight excluding hydrogens is 748 g/mol. The van der Waals surface area contributed by atoms with Gasteiger partial charge in [-0.05, 0) is 92.9 Å². The van der Waals surface area contributed by atoms with Crippen molar-refractivity contribution in [3.8, 4) is 41.1 Å². The number of hydrogen-bond donors (Lipinski definition) is 1. The maximum absolute atomic E-state index is 17.1. The number of carbonyl (C=O) groups excluding carboxylic acids is 1. The van der Waals surface area contributed by atoms with Crippen LogP contribution in [0.5, 0.6) is 17.5 Å². The van der Waals surface area contributed by atoms with E-state index in [4.69, 9.17) is 38.1 Å². The van der Waals surface area contributed by atoms with Gasteiger partial charge in [-0.2, -0.15) is 9.97 Å². The molecule has 10 nitrogen and oxygen atoms in total. The summed E-state index contributed by atoms with van der Waals surface area (Å²) in [6.45, 7) is 5.23. The van der Waals surface area contributed by atoms with Crippen LogP contribution in [-0.2, 0) is 10.5 Å². The molecule has 0 spiro atoms. The number of phenolic OH excluding ortho intramolecular Hbond substituents is 1. The molecular formula is C43H41FN6O4S2. The van der Waals surface area contributed by atoms with Gasteiger partial charge in [-0.3, -0.25) is 14.7 Å². The molecule has 3 aromatic carbocycles. The van der Waals surface area contributed by atoms with E-state index in [2.05, 4.69) is 25.6 Å². The summed E-state index contributed by atoms with van der Waals surface area (Å²) in [5, 5.41) is 12.5. The van der Waals surface area contributed by atoms with Crippen molar-refractivity contribution < 1.29 is 23.8 Å². The summed E-state index contributed by atoms with van der Waals surface area (Å²) < 4.78 is 29.7. The van der Waals surface area contributed by atoms with Crippen LogP contribution in [0.3, 0.4) is 0 Å². The molecule has 13 heteroatoms. The normalized spacial score (nSPS) is 20.0. The molecule has 2 aromatic heterocycles. The Hall–Kier alpha value is -5.03. The van der Waals surface area contributed by atoms with Gasteiger partial charge in [0.05, 0.1) is 10.9 Å². The average Bonchev–Trinajstić information content (AvgIpc) is 3.86. The monoisotopic (exact) mass is 788 g/mol. The molecule has 9 rings (SSSR count). The lowest BCUT2D eigenvalue weighted by Crippen LogP contribution is -2.55. The number of terminal acetylenes is 1. The number of benzene rings is 3. The van der Waals surface area contributed by atoms with Gasteiger partial charge in [0.1, 0.15) is 39.5 Å². The van der Waals surface area contributed by atoms with Crippen LogP contribution in [-0.4, -0.2) is 90.6 Å². The number of aromatic nitrogens is 3. The highest BCUT2D eigenvalue weighted by atomic mass is 32.2. The molecule has 56 heavy (non-hydrogen) atoms. The summed E-state index contributed by atoms with van der Waals surface area (Å²) in [6.07, 6.45) is 13.8. The third kappa shape index (κ3) is 6.67. The van der Waals surface area contributed by atoms with E-state index in [0.717, 1.165) is 61.5 Å². The van der Waals surface area contributed by atoms with Gasteiger partial charge in [-0.25, -0.2) is 4.39 Å². The van der Waals surface area contributed by atoms with Crippen molar-refractivity contribution in [1.82, 2.24) is 24.8 Å². The zero-order valence-corrected chi connectivity index (χ0v) is 32.7. The lowest BCUT2D eigenvalue weighted by molar-refractivity contribution is -0.131. The number of rotatable bonds is 8. The lowest BCUT2D eigenvalue weighted by atomic mass is 9.95. The van der Waals surface area contributed by atoms with Crippen molar-refractivity contribution in [2.45, 2.75) is 68.8 Å². The summed E-state index contributed by atoms with van der Waals surface area (Å²) in [5.74, 6) is 3.51. The number of phenols is 1. The third-order valence-corrected chi connectivity index (χ3v) is 13.3. The van der Waals surface area contributed by atoms with Crippen LogP contribution in [0.4, 0.5) is 10.2 Å². The fourth-order valence-corrected chi connectivity index (χ4v) is 10.7. The van der Waals surface area contributed by atoms with Crippen LogP contribution in [0.2, 0.25) is 0 Å². The van der Waals surface area contributed by atoms with Gasteiger partial charge in [0.2, 0.25) is 0 Å². The number of ether oxygens (including phenoxy) is 2. The topological polar surface area (TPSA) is 104 Å². The number of fused-ring (bicyclic) bond motifs is 5. The highest BCUT2D eigenvalue weighted by Gasteiger charge is 2.45. The minimum atomic E-state index is -0.628. The standard InChI is InChI=1S/C43H41FN6O4S2/c1-3-28-7-4-8-29-19-32(52)20-34(36(28)29)38-37(44)39-35(21-45-38)40(47-41(46-39)53-25-43-15-5-17-49(43)18-6-16-43)48-22-30-11-12-31(23-48)50(30)42(55)56-24-27-9-13-33(14-10-27)54-26(2)51/h1,4,7-10,13-14,19-21,30-31,52H,5-6,11-12,15-18,22-25H2,2H3. The minimum absolute atomic E-state index is 0.0195. The van der Waals surface area contributed by atoms with Gasteiger partial charge in [0, 0.05) is 60.6 Å². The number of esters is 1. The van der Waals surface area contributed by atoms with Gasteiger partial charge in [-0.15, -0.1) is 6.42 Å². The van der Waals surface area contributed by atoms with Crippen LogP contribution >= 0.6 is 24.0 Å². The Bertz CT molecular complexity index is 2400. The van der Waals surface area contributed by atoms with Crippen LogP contribution in [0, 0.1) is 18.2 Å². The number of piperazine rings is 1. The molecule has 4 aliphatic heterocycles. The third-order valence-electron chi connectivity index (χ3n) is 11.8. The van der Waals surface area contributed by atoms with Crippen molar-refractivity contribution in [2.24, 2.45) is 0 Å². The Morgan fingerprint density at radius 3 is 2.55 bits per heavy atom. The van der Waals surface area contributed by atoms with E-state index in [1.165, 1.54) is 13.0 Å². The molecule has 0 aliphatic carbocycles. The Balaban J connectivity index is 1.04. The number of thioether (sulfide) groups is 1. The Labute approximate surface area is 334 Å². The van der Waals surface area contributed by atoms with E-state index in [0.29, 0.717) is 64.3 Å². The molecule has 4 aliphatic rings. The zero-order chi connectivity index (χ0) is 38.6. The highest BCUT2D eigenvalue weighted by Crippen LogP contribution is 2.42. The second kappa shape index (κ2) is 14.8. The Morgan fingerprint density at radius 2 is 1.84 bits per heavy atom. The van der Waals surface area contributed by atoms with Gasteiger partial charge in [0.15, 0.2) is 5.82 Å². The summed E-state index contributed by atoms with van der Waals surface area (Å²) in [5.41, 5.74) is 2.15. The number of aromatic hydroxyl groups is 1. The summed E-state index contributed by atoms with van der Waals surface area (Å²) in [7, 11) is 0. The summed E-state index contributed by atoms with van der Waals surface area (Å²) in [6, 6.07) is 16.5. The number of nitrogens with zero attached hydrogens (tertiary/aromatic N) is 6. The molecule has 5 aromatic rings. The van der Waals surface area contributed by atoms with E-state index in [1.54, 1.807) is 42.2 Å². The van der Waals surface area contributed by atoms with Crippen molar-refractivity contribution in [3.05, 3.63) is 77.7 Å². The van der Waals surface area contributed by atoms with Crippen molar-refractivity contribution in [2.75, 3.05) is 37.7 Å². The first-order valence-corrected chi connectivity index (χ1v) is 20.5.